The zero-order valence-corrected chi connectivity index (χ0v) is 17.9. The summed E-state index contributed by atoms with van der Waals surface area (Å²) in [6.45, 7) is 9.92. The van der Waals surface area contributed by atoms with Gasteiger partial charge >= 0.3 is 0 Å². The summed E-state index contributed by atoms with van der Waals surface area (Å²) in [5.74, 6) is 1.85. The van der Waals surface area contributed by atoms with Crippen molar-refractivity contribution in [1.29, 1.82) is 0 Å². The van der Waals surface area contributed by atoms with Crippen LogP contribution in [0.15, 0.2) is 72.3 Å². The number of benzene rings is 1. The molecule has 0 fully saturated rings. The highest BCUT2D eigenvalue weighted by molar-refractivity contribution is 6.06. The predicted octanol–water partition coefficient (Wildman–Crippen LogP) is 5.09. The Balaban J connectivity index is 1.73. The lowest BCUT2D eigenvalue weighted by Crippen LogP contribution is -2.16. The van der Waals surface area contributed by atoms with E-state index in [1.165, 1.54) is 33.6 Å². The number of rotatable bonds is 2. The molecule has 0 unspecified atom stereocenters. The number of nitrogens with zero attached hydrogens (tertiary/aromatic N) is 2. The molecule has 4 heteroatoms. The molecule has 0 radical (unpaired) electrons. The summed E-state index contributed by atoms with van der Waals surface area (Å²) in [5.41, 5.74) is 9.76. The maximum Gasteiger partial charge on any atom is 0.293 e. The molecule has 0 saturated heterocycles. The van der Waals surface area contributed by atoms with Gasteiger partial charge in [0.2, 0.25) is 11.4 Å². The van der Waals surface area contributed by atoms with Gasteiger partial charge in [-0.05, 0) is 39.8 Å². The Morgan fingerprint density at radius 1 is 0.567 bits per heavy atom. The number of ether oxygens (including phenoxy) is 2. The molecule has 2 aliphatic carbocycles. The molecule has 5 rings (SSSR count). The zero-order chi connectivity index (χ0) is 20.8. The van der Waals surface area contributed by atoms with Gasteiger partial charge in [0.05, 0.1) is 0 Å². The fraction of sp³-hybridized carbons (Fsp3) is 0.231. The summed E-state index contributed by atoms with van der Waals surface area (Å²) < 4.78 is 16.6. The molecule has 0 spiro atoms. The van der Waals surface area contributed by atoms with Crippen LogP contribution in [0, 0.1) is 27.7 Å². The Hall–Kier alpha value is -3.40. The summed E-state index contributed by atoms with van der Waals surface area (Å²) in [6, 6.07) is 0. The van der Waals surface area contributed by atoms with Gasteiger partial charge in [0, 0.05) is 34.4 Å². The summed E-state index contributed by atoms with van der Waals surface area (Å²) in [6.07, 6.45) is 20.6. The highest BCUT2D eigenvalue weighted by atomic mass is 16.5. The van der Waals surface area contributed by atoms with Crippen LogP contribution in [-0.4, -0.2) is 34.0 Å². The van der Waals surface area contributed by atoms with E-state index in [1.54, 1.807) is 0 Å². The second-order valence-corrected chi connectivity index (χ2v) is 7.92. The van der Waals surface area contributed by atoms with Crippen LogP contribution in [0.1, 0.15) is 22.3 Å². The second kappa shape index (κ2) is 7.13. The van der Waals surface area contributed by atoms with Crippen molar-refractivity contribution in [3.63, 3.8) is 0 Å². The third kappa shape index (κ3) is 2.75. The van der Waals surface area contributed by atoms with Gasteiger partial charge in [-0.3, -0.25) is 0 Å². The first-order valence-electron chi connectivity index (χ1n) is 10.3. The van der Waals surface area contributed by atoms with Crippen LogP contribution in [0.3, 0.4) is 0 Å². The first-order chi connectivity index (χ1) is 14.6. The molecule has 0 bridgehead atoms. The molecule has 0 amide bonds. The molecule has 150 valence electrons. The van der Waals surface area contributed by atoms with Crippen molar-refractivity contribution < 1.29 is 18.6 Å². The molecule has 0 atom stereocenters. The lowest BCUT2D eigenvalue weighted by Gasteiger charge is -2.14. The van der Waals surface area contributed by atoms with E-state index in [2.05, 4.69) is 61.2 Å². The average Bonchev–Trinajstić information content (AvgIpc) is 3.12. The van der Waals surface area contributed by atoms with Gasteiger partial charge in [-0.1, -0.05) is 36.5 Å². The van der Waals surface area contributed by atoms with Crippen molar-refractivity contribution in [3.8, 4) is 0 Å². The van der Waals surface area contributed by atoms with Crippen molar-refractivity contribution in [2.75, 3.05) is 13.5 Å². The Labute approximate surface area is 177 Å². The largest absolute Gasteiger partial charge is 0.429 e. The van der Waals surface area contributed by atoms with Crippen LogP contribution in [0.5, 0.6) is 0 Å². The summed E-state index contributed by atoms with van der Waals surface area (Å²) in [5, 5.41) is 0. The van der Waals surface area contributed by atoms with E-state index in [4.69, 9.17) is 9.47 Å². The van der Waals surface area contributed by atoms with Crippen LogP contribution >= 0.6 is 0 Å². The Morgan fingerprint density at radius 3 is 1.37 bits per heavy atom. The molecule has 0 saturated carbocycles. The van der Waals surface area contributed by atoms with Crippen LogP contribution in [0.25, 0.3) is 0 Å². The topological polar surface area (TPSA) is 24.5 Å². The van der Waals surface area contributed by atoms with E-state index in [9.17, 15) is 0 Å². The molecular formula is C26H26N2O2+2. The van der Waals surface area contributed by atoms with Crippen molar-refractivity contribution in [2.45, 2.75) is 27.7 Å². The zero-order valence-electron chi connectivity index (χ0n) is 17.9. The first kappa shape index (κ1) is 18.6. The highest BCUT2D eigenvalue weighted by Crippen LogP contribution is 2.40. The SMILES string of the molecule is Cc1c(C)c([N+]2=C3C=CC=CC=C3OC2)c(C)c(C)c1[N+]1=C2C=CC=CC=C2OC1. The Kier molecular flexibility index (Phi) is 4.43. The number of fused-ring (bicyclic) bond motifs is 2. The molecule has 2 aliphatic heterocycles. The molecule has 2 heterocycles. The van der Waals surface area contributed by atoms with Crippen LogP contribution in [0.4, 0.5) is 11.4 Å². The summed E-state index contributed by atoms with van der Waals surface area (Å²) in [7, 11) is 0. The summed E-state index contributed by atoms with van der Waals surface area (Å²) >= 11 is 0. The van der Waals surface area contributed by atoms with Gasteiger partial charge in [-0.25, -0.2) is 0 Å². The number of hydrogen-bond acceptors (Lipinski definition) is 2. The van der Waals surface area contributed by atoms with Gasteiger partial charge in [-0.2, -0.15) is 9.15 Å². The number of allylic oxidation sites excluding steroid dienone is 10. The normalized spacial score (nSPS) is 19.2. The van der Waals surface area contributed by atoms with Crippen molar-refractivity contribution in [1.82, 2.24) is 0 Å². The van der Waals surface area contributed by atoms with E-state index >= 15 is 0 Å². The molecule has 1 aromatic carbocycles. The van der Waals surface area contributed by atoms with Gasteiger partial charge in [0.25, 0.3) is 24.9 Å². The predicted molar refractivity (Wildman–Crippen MR) is 120 cm³/mol. The molecule has 0 aromatic heterocycles. The van der Waals surface area contributed by atoms with Gasteiger partial charge in [0.1, 0.15) is 0 Å². The Morgan fingerprint density at radius 2 is 0.967 bits per heavy atom. The Bertz CT molecular complexity index is 1090. The maximum absolute atomic E-state index is 6.00. The minimum Gasteiger partial charge on any atom is -0.429 e. The third-order valence-corrected chi connectivity index (χ3v) is 6.32. The van der Waals surface area contributed by atoms with Gasteiger partial charge in [0.15, 0.2) is 11.5 Å². The fourth-order valence-electron chi connectivity index (χ4n) is 4.59. The third-order valence-electron chi connectivity index (χ3n) is 6.32. The van der Waals surface area contributed by atoms with Crippen molar-refractivity contribution >= 4 is 22.8 Å². The minimum absolute atomic E-state index is 0.532. The van der Waals surface area contributed by atoms with E-state index in [0.29, 0.717) is 13.5 Å². The van der Waals surface area contributed by atoms with E-state index < -0.39 is 0 Å². The molecule has 1 aromatic rings. The molecule has 4 nitrogen and oxygen atoms in total. The van der Waals surface area contributed by atoms with Gasteiger partial charge in [-0.15, -0.1) is 0 Å². The fourth-order valence-corrected chi connectivity index (χ4v) is 4.59. The first-order valence-corrected chi connectivity index (χ1v) is 10.3. The monoisotopic (exact) mass is 398 g/mol. The molecule has 4 aliphatic rings. The van der Waals surface area contributed by atoms with Crippen molar-refractivity contribution in [3.05, 3.63) is 94.5 Å². The lowest BCUT2D eigenvalue weighted by atomic mass is 9.95. The van der Waals surface area contributed by atoms with Crippen LogP contribution in [-0.2, 0) is 9.47 Å². The standard InChI is InChI=1S/C26H26N2O2/c1-17-18(2)26(28-16-30-24-14-10-6-8-12-22(24)28)20(4)19(3)25(17)27-15-29-23-13-9-5-7-11-21(23)27/h5-14H,15-16H2,1-4H3/q+2. The highest BCUT2D eigenvalue weighted by Gasteiger charge is 2.37. The van der Waals surface area contributed by atoms with E-state index in [0.717, 1.165) is 22.9 Å². The lowest BCUT2D eigenvalue weighted by molar-refractivity contribution is -0.472. The van der Waals surface area contributed by atoms with Gasteiger partial charge < -0.3 is 9.47 Å². The smallest absolute Gasteiger partial charge is 0.293 e. The minimum atomic E-state index is 0.532. The number of hydrogen-bond donors (Lipinski definition) is 0. The quantitative estimate of drug-likeness (QED) is 0.649. The van der Waals surface area contributed by atoms with E-state index in [-0.39, 0.29) is 0 Å². The maximum atomic E-state index is 6.00. The van der Waals surface area contributed by atoms with Crippen molar-refractivity contribution in [2.24, 2.45) is 0 Å². The molecule has 0 N–H and O–H groups in total. The van der Waals surface area contributed by atoms with E-state index in [1.807, 2.05) is 36.5 Å². The molecule has 30 heavy (non-hydrogen) atoms. The molecular weight excluding hydrogens is 372 g/mol. The second-order valence-electron chi connectivity index (χ2n) is 7.92. The average molecular weight is 399 g/mol. The summed E-state index contributed by atoms with van der Waals surface area (Å²) in [4.78, 5) is 0. The van der Waals surface area contributed by atoms with Crippen LogP contribution in [0.2, 0.25) is 0 Å². The van der Waals surface area contributed by atoms with Crippen LogP contribution < -0.4 is 0 Å².